The Morgan fingerprint density at radius 1 is 1.11 bits per heavy atom. The molecule has 3 nitrogen and oxygen atoms in total. The molecular formula is C24H26N2OS. The first-order chi connectivity index (χ1) is 13.6. The smallest absolute Gasteiger partial charge is 0.228 e. The molecule has 0 atom stereocenters. The van der Waals surface area contributed by atoms with Gasteiger partial charge in [-0.2, -0.15) is 0 Å². The Balaban J connectivity index is 1.74. The summed E-state index contributed by atoms with van der Waals surface area (Å²) >= 11 is 1.61. The van der Waals surface area contributed by atoms with Crippen molar-refractivity contribution in [2.75, 3.05) is 13.1 Å². The lowest BCUT2D eigenvalue weighted by atomic mass is 10.1. The monoisotopic (exact) mass is 390 g/mol. The Labute approximate surface area is 171 Å². The van der Waals surface area contributed by atoms with Crippen LogP contribution in [0.15, 0.2) is 67.3 Å². The molecule has 1 aromatic heterocycles. The third kappa shape index (κ3) is 5.17. The van der Waals surface area contributed by atoms with Crippen LogP contribution in [0.25, 0.3) is 11.3 Å². The molecule has 2 aromatic carbocycles. The third-order valence-electron chi connectivity index (χ3n) is 4.66. The van der Waals surface area contributed by atoms with Crippen LogP contribution in [0.2, 0.25) is 0 Å². The highest BCUT2D eigenvalue weighted by Crippen LogP contribution is 2.29. The van der Waals surface area contributed by atoms with Crippen LogP contribution in [0.5, 0.6) is 0 Å². The molecular weight excluding hydrogens is 364 g/mol. The van der Waals surface area contributed by atoms with Crippen LogP contribution in [0.1, 0.15) is 21.0 Å². The summed E-state index contributed by atoms with van der Waals surface area (Å²) in [6.07, 6.45) is 3.01. The van der Waals surface area contributed by atoms with Gasteiger partial charge in [-0.25, -0.2) is 4.98 Å². The summed E-state index contributed by atoms with van der Waals surface area (Å²) in [7, 11) is 0. The molecule has 0 bridgehead atoms. The molecule has 0 aliphatic heterocycles. The predicted molar refractivity (Wildman–Crippen MR) is 118 cm³/mol. The maximum absolute atomic E-state index is 13.0. The SMILES string of the molecule is C=CCN(CCc1ccccc1)C(=O)Cc1sc(C)nc1-c1ccc(C)cc1. The van der Waals surface area contributed by atoms with E-state index in [9.17, 15) is 4.79 Å². The van der Waals surface area contributed by atoms with Crippen LogP contribution in [0.3, 0.4) is 0 Å². The largest absolute Gasteiger partial charge is 0.338 e. The van der Waals surface area contributed by atoms with Gasteiger partial charge in [-0.15, -0.1) is 17.9 Å². The second-order valence-corrected chi connectivity index (χ2v) is 8.20. The van der Waals surface area contributed by atoms with Gasteiger partial charge in [0, 0.05) is 23.5 Å². The topological polar surface area (TPSA) is 33.2 Å². The number of amides is 1. The summed E-state index contributed by atoms with van der Waals surface area (Å²) in [5.74, 6) is 0.118. The second-order valence-electron chi connectivity index (χ2n) is 6.91. The molecule has 28 heavy (non-hydrogen) atoms. The molecule has 0 fully saturated rings. The zero-order valence-corrected chi connectivity index (χ0v) is 17.3. The predicted octanol–water partition coefficient (Wildman–Crippen LogP) is 5.23. The third-order valence-corrected chi connectivity index (χ3v) is 5.63. The van der Waals surface area contributed by atoms with Crippen molar-refractivity contribution in [2.24, 2.45) is 0 Å². The van der Waals surface area contributed by atoms with Gasteiger partial charge in [0.2, 0.25) is 5.91 Å². The maximum atomic E-state index is 13.0. The van der Waals surface area contributed by atoms with E-state index in [2.05, 4.69) is 49.9 Å². The van der Waals surface area contributed by atoms with Gasteiger partial charge in [0.15, 0.2) is 0 Å². The van der Waals surface area contributed by atoms with Crippen molar-refractivity contribution in [1.29, 1.82) is 0 Å². The molecule has 4 heteroatoms. The fourth-order valence-electron chi connectivity index (χ4n) is 3.16. The number of carbonyl (C=O) groups is 1. The summed E-state index contributed by atoms with van der Waals surface area (Å²) in [6.45, 7) is 9.13. The Hall–Kier alpha value is -2.72. The molecule has 0 unspecified atom stereocenters. The van der Waals surface area contributed by atoms with Gasteiger partial charge in [0.05, 0.1) is 17.1 Å². The Morgan fingerprint density at radius 3 is 2.50 bits per heavy atom. The van der Waals surface area contributed by atoms with Gasteiger partial charge in [-0.05, 0) is 25.8 Å². The minimum absolute atomic E-state index is 0.118. The van der Waals surface area contributed by atoms with E-state index in [1.807, 2.05) is 30.0 Å². The normalized spacial score (nSPS) is 10.6. The standard InChI is InChI=1S/C24H26N2OS/c1-4-15-26(16-14-20-8-6-5-7-9-20)23(27)17-22-24(25-19(3)28-22)21-12-10-18(2)11-13-21/h4-13H,1,14-17H2,2-3H3. The van der Waals surface area contributed by atoms with Gasteiger partial charge < -0.3 is 4.90 Å². The molecule has 3 rings (SSSR count). The molecule has 1 amide bonds. The van der Waals surface area contributed by atoms with Crippen LogP contribution in [-0.4, -0.2) is 28.9 Å². The average Bonchev–Trinajstić information content (AvgIpc) is 3.06. The number of aryl methyl sites for hydroxylation is 2. The van der Waals surface area contributed by atoms with Crippen LogP contribution in [0, 0.1) is 13.8 Å². The Morgan fingerprint density at radius 2 is 1.82 bits per heavy atom. The summed E-state index contributed by atoms with van der Waals surface area (Å²) in [6, 6.07) is 18.6. The number of carbonyl (C=O) groups excluding carboxylic acids is 1. The average molecular weight is 391 g/mol. The van der Waals surface area contributed by atoms with E-state index >= 15 is 0 Å². The summed E-state index contributed by atoms with van der Waals surface area (Å²) < 4.78 is 0. The van der Waals surface area contributed by atoms with Crippen LogP contribution in [-0.2, 0) is 17.6 Å². The molecule has 0 aliphatic carbocycles. The summed E-state index contributed by atoms with van der Waals surface area (Å²) in [5, 5.41) is 0.984. The zero-order valence-electron chi connectivity index (χ0n) is 16.5. The van der Waals surface area contributed by atoms with Gasteiger partial charge in [-0.1, -0.05) is 66.2 Å². The highest BCUT2D eigenvalue weighted by Gasteiger charge is 2.18. The van der Waals surface area contributed by atoms with E-state index in [-0.39, 0.29) is 5.91 Å². The fourth-order valence-corrected chi connectivity index (χ4v) is 4.11. The van der Waals surface area contributed by atoms with E-state index in [1.165, 1.54) is 11.1 Å². The minimum atomic E-state index is 0.118. The highest BCUT2D eigenvalue weighted by atomic mass is 32.1. The second kappa shape index (κ2) is 9.47. The fraction of sp³-hybridized carbons (Fsp3) is 0.250. The number of hydrogen-bond donors (Lipinski definition) is 0. The van der Waals surface area contributed by atoms with E-state index in [4.69, 9.17) is 4.98 Å². The van der Waals surface area contributed by atoms with Crippen molar-refractivity contribution in [3.8, 4) is 11.3 Å². The van der Waals surface area contributed by atoms with E-state index in [0.29, 0.717) is 19.5 Å². The molecule has 0 saturated carbocycles. The molecule has 0 radical (unpaired) electrons. The summed E-state index contributed by atoms with van der Waals surface area (Å²) in [5.41, 5.74) is 4.44. The van der Waals surface area contributed by atoms with Crippen molar-refractivity contribution in [2.45, 2.75) is 26.7 Å². The van der Waals surface area contributed by atoms with Gasteiger partial charge in [0.1, 0.15) is 0 Å². The lowest BCUT2D eigenvalue weighted by Gasteiger charge is -2.21. The van der Waals surface area contributed by atoms with Crippen molar-refractivity contribution in [3.05, 3.63) is 88.3 Å². The molecule has 3 aromatic rings. The van der Waals surface area contributed by atoms with Crippen LogP contribution in [0.4, 0.5) is 0 Å². The number of nitrogens with zero attached hydrogens (tertiary/aromatic N) is 2. The molecule has 0 aliphatic rings. The molecule has 144 valence electrons. The van der Waals surface area contributed by atoms with Crippen molar-refractivity contribution >= 4 is 17.2 Å². The number of thiazole rings is 1. The lowest BCUT2D eigenvalue weighted by molar-refractivity contribution is -0.129. The molecule has 0 spiro atoms. The molecule has 0 N–H and O–H groups in total. The number of rotatable bonds is 8. The number of aromatic nitrogens is 1. The Bertz CT molecular complexity index is 929. The minimum Gasteiger partial charge on any atom is -0.338 e. The van der Waals surface area contributed by atoms with Crippen molar-refractivity contribution in [1.82, 2.24) is 9.88 Å². The Kier molecular flexibility index (Phi) is 6.77. The van der Waals surface area contributed by atoms with E-state index in [1.54, 1.807) is 17.4 Å². The van der Waals surface area contributed by atoms with Crippen molar-refractivity contribution < 1.29 is 4.79 Å². The van der Waals surface area contributed by atoms with Crippen LogP contribution >= 0.6 is 11.3 Å². The molecule has 1 heterocycles. The highest BCUT2D eigenvalue weighted by molar-refractivity contribution is 7.12. The van der Waals surface area contributed by atoms with Crippen LogP contribution < -0.4 is 0 Å². The maximum Gasteiger partial charge on any atom is 0.228 e. The van der Waals surface area contributed by atoms with Gasteiger partial charge in [-0.3, -0.25) is 4.79 Å². The van der Waals surface area contributed by atoms with Gasteiger partial charge in [0.25, 0.3) is 0 Å². The number of benzene rings is 2. The first-order valence-corrected chi connectivity index (χ1v) is 10.3. The molecule has 0 saturated heterocycles. The number of hydrogen-bond acceptors (Lipinski definition) is 3. The van der Waals surface area contributed by atoms with Gasteiger partial charge >= 0.3 is 0 Å². The first-order valence-electron chi connectivity index (χ1n) is 9.52. The van der Waals surface area contributed by atoms with E-state index in [0.717, 1.165) is 27.6 Å². The summed E-state index contributed by atoms with van der Waals surface area (Å²) in [4.78, 5) is 20.6. The van der Waals surface area contributed by atoms with Crippen molar-refractivity contribution in [3.63, 3.8) is 0 Å². The lowest BCUT2D eigenvalue weighted by Crippen LogP contribution is -2.34. The quantitative estimate of drug-likeness (QED) is 0.494. The van der Waals surface area contributed by atoms with E-state index < -0.39 is 0 Å². The first kappa shape index (κ1) is 20.0. The zero-order chi connectivity index (χ0) is 19.9.